The van der Waals surface area contributed by atoms with Crippen LogP contribution in [-0.2, 0) is 5.41 Å². The Hall–Kier alpha value is -6.71. The summed E-state index contributed by atoms with van der Waals surface area (Å²) in [6, 6.07) is 62.6. The van der Waals surface area contributed by atoms with Crippen molar-refractivity contribution in [1.29, 1.82) is 0 Å². The van der Waals surface area contributed by atoms with E-state index in [1.807, 2.05) is 60.7 Å². The molecule has 0 bridgehead atoms. The zero-order valence-corrected chi connectivity index (χ0v) is 29.6. The van der Waals surface area contributed by atoms with Crippen LogP contribution in [-0.4, -0.2) is 15.0 Å². The molecule has 8 aromatic carbocycles. The Morgan fingerprint density at radius 2 is 0.717 bits per heavy atom. The van der Waals surface area contributed by atoms with E-state index in [4.69, 9.17) is 15.0 Å². The predicted molar refractivity (Wildman–Crippen MR) is 220 cm³/mol. The maximum atomic E-state index is 5.00. The molecule has 1 aromatic heterocycles. The first kappa shape index (κ1) is 31.1. The molecule has 1 heterocycles. The molecule has 0 N–H and O–H groups in total. The number of fused-ring (bicyclic) bond motifs is 5. The zero-order valence-electron chi connectivity index (χ0n) is 29.6. The Kier molecular flexibility index (Phi) is 7.16. The molecule has 250 valence electrons. The first-order valence-corrected chi connectivity index (χ1v) is 18.2. The summed E-state index contributed by atoms with van der Waals surface area (Å²) in [5.74, 6) is 1.96. The van der Waals surface area contributed by atoms with Gasteiger partial charge in [0.05, 0.1) is 0 Å². The summed E-state index contributed by atoms with van der Waals surface area (Å²) >= 11 is 0. The van der Waals surface area contributed by atoms with Gasteiger partial charge in [0.15, 0.2) is 17.5 Å². The van der Waals surface area contributed by atoms with E-state index < -0.39 is 0 Å². The van der Waals surface area contributed by atoms with Crippen molar-refractivity contribution in [2.75, 3.05) is 0 Å². The number of nitrogens with zero attached hydrogens (tertiary/aromatic N) is 3. The second-order valence-corrected chi connectivity index (χ2v) is 14.4. The van der Waals surface area contributed by atoms with Crippen LogP contribution >= 0.6 is 0 Å². The van der Waals surface area contributed by atoms with Crippen molar-refractivity contribution in [3.8, 4) is 67.5 Å². The zero-order chi connectivity index (χ0) is 35.5. The molecule has 0 unspecified atom stereocenters. The normalized spacial score (nSPS) is 12.9. The molecule has 0 aliphatic heterocycles. The van der Waals surface area contributed by atoms with Gasteiger partial charge in [0.1, 0.15) is 0 Å². The molecular weight excluding hydrogens is 643 g/mol. The molecule has 3 nitrogen and oxygen atoms in total. The van der Waals surface area contributed by atoms with Crippen molar-refractivity contribution < 1.29 is 0 Å². The quantitative estimate of drug-likeness (QED) is 0.170. The number of hydrogen-bond acceptors (Lipinski definition) is 3. The van der Waals surface area contributed by atoms with Gasteiger partial charge in [-0.1, -0.05) is 178 Å². The molecule has 0 atom stereocenters. The number of hydrogen-bond donors (Lipinski definition) is 0. The molecular formula is C50H35N3. The molecule has 1 aliphatic rings. The second kappa shape index (κ2) is 12.2. The van der Waals surface area contributed by atoms with E-state index in [0.717, 1.165) is 22.3 Å². The molecule has 0 fully saturated rings. The van der Waals surface area contributed by atoms with E-state index in [-0.39, 0.29) is 5.41 Å². The highest BCUT2D eigenvalue weighted by atomic mass is 15.0. The largest absolute Gasteiger partial charge is 0.208 e. The average molecular weight is 678 g/mol. The van der Waals surface area contributed by atoms with E-state index in [9.17, 15) is 0 Å². The van der Waals surface area contributed by atoms with Gasteiger partial charge in [-0.15, -0.1) is 0 Å². The summed E-state index contributed by atoms with van der Waals surface area (Å²) in [6.07, 6.45) is 0. The third-order valence-electron chi connectivity index (χ3n) is 10.9. The summed E-state index contributed by atoms with van der Waals surface area (Å²) in [5.41, 5.74) is 13.0. The van der Waals surface area contributed by atoms with Crippen molar-refractivity contribution >= 4 is 21.5 Å². The van der Waals surface area contributed by atoms with Crippen LogP contribution in [0.15, 0.2) is 176 Å². The maximum Gasteiger partial charge on any atom is 0.164 e. The maximum absolute atomic E-state index is 5.00. The Bertz CT molecular complexity index is 2770. The highest BCUT2D eigenvalue weighted by molar-refractivity contribution is 6.22. The van der Waals surface area contributed by atoms with Crippen molar-refractivity contribution in [2.45, 2.75) is 19.3 Å². The van der Waals surface area contributed by atoms with E-state index in [2.05, 4.69) is 129 Å². The number of rotatable bonds is 5. The van der Waals surface area contributed by atoms with Crippen LogP contribution in [0.2, 0.25) is 0 Å². The van der Waals surface area contributed by atoms with Gasteiger partial charge in [0.2, 0.25) is 0 Å². The lowest BCUT2D eigenvalue weighted by atomic mass is 9.79. The molecule has 0 spiro atoms. The van der Waals surface area contributed by atoms with Crippen LogP contribution < -0.4 is 0 Å². The fourth-order valence-corrected chi connectivity index (χ4v) is 8.32. The van der Waals surface area contributed by atoms with Gasteiger partial charge < -0.3 is 0 Å². The van der Waals surface area contributed by atoms with Crippen LogP contribution in [0.25, 0.3) is 89.1 Å². The van der Waals surface area contributed by atoms with Gasteiger partial charge in [-0.2, -0.15) is 0 Å². The van der Waals surface area contributed by atoms with Gasteiger partial charge in [-0.3, -0.25) is 0 Å². The first-order chi connectivity index (χ1) is 26.0. The van der Waals surface area contributed by atoms with Gasteiger partial charge >= 0.3 is 0 Å². The molecule has 53 heavy (non-hydrogen) atoms. The van der Waals surface area contributed by atoms with Crippen LogP contribution in [0.1, 0.15) is 25.0 Å². The topological polar surface area (TPSA) is 38.7 Å². The first-order valence-electron chi connectivity index (χ1n) is 18.2. The minimum absolute atomic E-state index is 0.120. The third kappa shape index (κ3) is 5.08. The fraction of sp³-hybridized carbons (Fsp3) is 0.0600. The lowest BCUT2D eigenvalue weighted by Crippen LogP contribution is -2.14. The lowest BCUT2D eigenvalue weighted by Gasteiger charge is -2.24. The van der Waals surface area contributed by atoms with Crippen LogP contribution in [0.4, 0.5) is 0 Å². The molecule has 9 aromatic rings. The summed E-state index contributed by atoms with van der Waals surface area (Å²) in [7, 11) is 0. The lowest BCUT2D eigenvalue weighted by molar-refractivity contribution is 0.661. The molecule has 0 saturated heterocycles. The van der Waals surface area contributed by atoms with Crippen molar-refractivity contribution in [3.63, 3.8) is 0 Å². The van der Waals surface area contributed by atoms with Gasteiger partial charge in [0.25, 0.3) is 0 Å². The summed E-state index contributed by atoms with van der Waals surface area (Å²) in [4.78, 5) is 14.9. The highest BCUT2D eigenvalue weighted by Gasteiger charge is 2.36. The SMILES string of the molecule is CC1(C)c2ccccc2-c2cc3c(-c4ccccc4)c4ccccc4c(-c4ccc(-c5nc(-c6ccccc6)nc(-c6ccccc6)n5)cc4)c3cc21. The Labute approximate surface area is 309 Å². The Morgan fingerprint density at radius 1 is 0.321 bits per heavy atom. The van der Waals surface area contributed by atoms with E-state index >= 15 is 0 Å². The highest BCUT2D eigenvalue weighted by Crippen LogP contribution is 2.53. The molecule has 1 aliphatic carbocycles. The number of benzene rings is 8. The Balaban J connectivity index is 1.20. The summed E-state index contributed by atoms with van der Waals surface area (Å²) < 4.78 is 0. The van der Waals surface area contributed by atoms with Gasteiger partial charge in [-0.05, 0) is 78.2 Å². The van der Waals surface area contributed by atoms with Crippen LogP contribution in [0.5, 0.6) is 0 Å². The summed E-state index contributed by atoms with van der Waals surface area (Å²) in [6.45, 7) is 4.72. The van der Waals surface area contributed by atoms with Crippen molar-refractivity contribution in [2.24, 2.45) is 0 Å². The molecule has 0 radical (unpaired) electrons. The monoisotopic (exact) mass is 677 g/mol. The Morgan fingerprint density at radius 3 is 1.26 bits per heavy atom. The van der Waals surface area contributed by atoms with Crippen molar-refractivity contribution in [1.82, 2.24) is 15.0 Å². The minimum Gasteiger partial charge on any atom is -0.208 e. The molecule has 3 heteroatoms. The van der Waals surface area contributed by atoms with E-state index in [0.29, 0.717) is 17.5 Å². The van der Waals surface area contributed by atoms with Crippen molar-refractivity contribution in [3.05, 3.63) is 187 Å². The molecule has 0 amide bonds. The standard InChI is InChI=1S/C50H35N3/c1-50(2)43-25-15-14-22-37(43)40-30-41-42(31-44(40)50)46(39-24-13-12-23-38(39)45(41)32-16-6-3-7-17-32)33-26-28-36(29-27-33)49-52-47(34-18-8-4-9-19-34)51-48(53-49)35-20-10-5-11-21-35/h3-31H,1-2H3. The third-order valence-corrected chi connectivity index (χ3v) is 10.9. The smallest absolute Gasteiger partial charge is 0.164 e. The predicted octanol–water partition coefficient (Wildman–Crippen LogP) is 12.8. The second-order valence-electron chi connectivity index (χ2n) is 14.4. The minimum atomic E-state index is -0.120. The molecule has 0 saturated carbocycles. The van der Waals surface area contributed by atoms with Crippen LogP contribution in [0.3, 0.4) is 0 Å². The summed E-state index contributed by atoms with van der Waals surface area (Å²) in [5, 5.41) is 5.00. The number of aromatic nitrogens is 3. The van der Waals surface area contributed by atoms with E-state index in [1.165, 1.54) is 60.5 Å². The van der Waals surface area contributed by atoms with E-state index in [1.54, 1.807) is 0 Å². The fourth-order valence-electron chi connectivity index (χ4n) is 8.32. The average Bonchev–Trinajstić information content (AvgIpc) is 3.45. The van der Waals surface area contributed by atoms with Crippen LogP contribution in [0, 0.1) is 0 Å². The molecule has 10 rings (SSSR count). The van der Waals surface area contributed by atoms with Gasteiger partial charge in [0, 0.05) is 22.1 Å². The van der Waals surface area contributed by atoms with Gasteiger partial charge in [-0.25, -0.2) is 15.0 Å².